The van der Waals surface area contributed by atoms with Gasteiger partial charge in [-0.2, -0.15) is 0 Å². The van der Waals surface area contributed by atoms with Crippen molar-refractivity contribution >= 4 is 21.5 Å². The zero-order valence-corrected chi connectivity index (χ0v) is 13.6. The van der Waals surface area contributed by atoms with Gasteiger partial charge >= 0.3 is 5.00 Å². The fraction of sp³-hybridized carbons (Fsp3) is 0.769. The number of rotatable bonds is 6. The summed E-state index contributed by atoms with van der Waals surface area (Å²) in [6.07, 6.45) is 1.31. The lowest BCUT2D eigenvalue weighted by Crippen LogP contribution is -2.52. The van der Waals surface area contributed by atoms with Crippen LogP contribution in [0.25, 0.3) is 0 Å². The highest BCUT2D eigenvalue weighted by Gasteiger charge is 2.25. The van der Waals surface area contributed by atoms with Crippen LogP contribution in [0, 0.1) is 16.0 Å². The summed E-state index contributed by atoms with van der Waals surface area (Å²) in [4.78, 5) is 19.2. The van der Waals surface area contributed by atoms with E-state index < -0.39 is 4.92 Å². The Morgan fingerprint density at radius 3 is 2.62 bits per heavy atom. The molecule has 8 heteroatoms. The predicted molar refractivity (Wildman–Crippen MR) is 85.0 cm³/mol. The van der Waals surface area contributed by atoms with Gasteiger partial charge < -0.3 is 10.2 Å². The van der Waals surface area contributed by atoms with Gasteiger partial charge in [0.2, 0.25) is 0 Å². The molecule has 1 unspecified atom stereocenters. The highest BCUT2D eigenvalue weighted by Crippen LogP contribution is 2.25. The summed E-state index contributed by atoms with van der Waals surface area (Å²) < 4.78 is 0. The maximum atomic E-state index is 10.7. The molecule has 1 fully saturated rings. The number of hydrogen-bond donors (Lipinski definition) is 1. The van der Waals surface area contributed by atoms with Crippen LogP contribution >= 0.6 is 11.3 Å². The molecule has 21 heavy (non-hydrogen) atoms. The van der Waals surface area contributed by atoms with Crippen LogP contribution < -0.4 is 5.32 Å². The van der Waals surface area contributed by atoms with Gasteiger partial charge in [0, 0.05) is 38.8 Å². The fourth-order valence-electron chi connectivity index (χ4n) is 2.56. The van der Waals surface area contributed by atoms with Crippen molar-refractivity contribution in [3.63, 3.8) is 0 Å². The Balaban J connectivity index is 1.91. The van der Waals surface area contributed by atoms with Crippen molar-refractivity contribution in [2.24, 2.45) is 5.92 Å². The molecule has 1 aliphatic rings. The minimum atomic E-state index is -0.400. The molecular formula is C13H23N5O2S. The van der Waals surface area contributed by atoms with Gasteiger partial charge in [-0.3, -0.25) is 15.0 Å². The van der Waals surface area contributed by atoms with Crippen LogP contribution in [0.15, 0.2) is 6.20 Å². The maximum absolute atomic E-state index is 10.7. The Morgan fingerprint density at radius 1 is 1.43 bits per heavy atom. The second-order valence-corrected chi connectivity index (χ2v) is 6.80. The smallest absolute Gasteiger partial charge is 0.345 e. The number of thiazole rings is 1. The molecule has 2 rings (SSSR count). The summed E-state index contributed by atoms with van der Waals surface area (Å²) in [5, 5.41) is 14.6. The zero-order chi connectivity index (χ0) is 15.4. The van der Waals surface area contributed by atoms with E-state index in [-0.39, 0.29) is 5.00 Å². The molecular weight excluding hydrogens is 290 g/mol. The van der Waals surface area contributed by atoms with Gasteiger partial charge in [0.25, 0.3) is 0 Å². The van der Waals surface area contributed by atoms with Crippen molar-refractivity contribution in [3.8, 4) is 0 Å². The second-order valence-electron chi connectivity index (χ2n) is 5.79. The number of aromatic nitrogens is 1. The fourth-order valence-corrected chi connectivity index (χ4v) is 3.20. The van der Waals surface area contributed by atoms with E-state index in [0.29, 0.717) is 17.1 Å². The molecule has 0 amide bonds. The van der Waals surface area contributed by atoms with Gasteiger partial charge in [-0.15, -0.1) is 0 Å². The Hall–Kier alpha value is -1.25. The minimum Gasteiger partial charge on any atom is -0.360 e. The van der Waals surface area contributed by atoms with Gasteiger partial charge in [-0.05, 0) is 24.3 Å². The van der Waals surface area contributed by atoms with Crippen molar-refractivity contribution in [1.29, 1.82) is 0 Å². The average molecular weight is 313 g/mol. The molecule has 0 aliphatic carbocycles. The quantitative estimate of drug-likeness (QED) is 0.637. The first-order valence-corrected chi connectivity index (χ1v) is 8.05. The molecule has 1 N–H and O–H groups in total. The molecule has 0 bridgehead atoms. The van der Waals surface area contributed by atoms with E-state index in [0.717, 1.165) is 44.1 Å². The van der Waals surface area contributed by atoms with E-state index >= 15 is 0 Å². The third-order valence-electron chi connectivity index (χ3n) is 3.91. The monoisotopic (exact) mass is 313 g/mol. The van der Waals surface area contributed by atoms with Crippen LogP contribution in [0.4, 0.5) is 10.1 Å². The second kappa shape index (κ2) is 7.15. The number of nitro groups is 1. The molecule has 0 radical (unpaired) electrons. The topological polar surface area (TPSA) is 74.5 Å². The van der Waals surface area contributed by atoms with Crippen LogP contribution in [0.3, 0.4) is 0 Å². The molecule has 2 heterocycles. The Bertz CT molecular complexity index is 471. The first-order valence-electron chi connectivity index (χ1n) is 7.24. The molecule has 1 aliphatic heterocycles. The molecule has 7 nitrogen and oxygen atoms in total. The Kier molecular flexibility index (Phi) is 5.49. The molecule has 118 valence electrons. The maximum Gasteiger partial charge on any atom is 0.345 e. The predicted octanol–water partition coefficient (Wildman–Crippen LogP) is 1.74. The minimum absolute atomic E-state index is 0.0817. The summed E-state index contributed by atoms with van der Waals surface area (Å²) >= 11 is 1.09. The number of nitrogens with one attached hydrogen (secondary N) is 1. The summed E-state index contributed by atoms with van der Waals surface area (Å²) in [6, 6.07) is 0.418. The number of likely N-dealkylation sites (N-methyl/N-ethyl adjacent to an activating group) is 1. The molecule has 0 saturated carbocycles. The van der Waals surface area contributed by atoms with E-state index in [9.17, 15) is 10.1 Å². The van der Waals surface area contributed by atoms with Crippen molar-refractivity contribution in [1.82, 2.24) is 14.8 Å². The number of piperazine rings is 1. The van der Waals surface area contributed by atoms with Gasteiger partial charge in [0.15, 0.2) is 5.13 Å². The molecule has 1 aromatic rings. The lowest BCUT2D eigenvalue weighted by Gasteiger charge is -2.39. The van der Waals surface area contributed by atoms with Gasteiger partial charge in [0.05, 0.1) is 4.92 Å². The number of anilines is 1. The molecule has 1 saturated heterocycles. The first-order chi connectivity index (χ1) is 9.97. The Morgan fingerprint density at radius 2 is 2.10 bits per heavy atom. The number of hydrogen-bond acceptors (Lipinski definition) is 7. The average Bonchev–Trinajstić information content (AvgIpc) is 2.90. The van der Waals surface area contributed by atoms with E-state index in [4.69, 9.17) is 0 Å². The van der Waals surface area contributed by atoms with Crippen LogP contribution in [0.1, 0.15) is 13.8 Å². The van der Waals surface area contributed by atoms with Gasteiger partial charge in [-0.25, -0.2) is 4.98 Å². The lowest BCUT2D eigenvalue weighted by atomic mass is 10.0. The van der Waals surface area contributed by atoms with Crippen molar-refractivity contribution in [2.75, 3.05) is 45.1 Å². The van der Waals surface area contributed by atoms with Crippen LogP contribution in [-0.4, -0.2) is 65.5 Å². The SMILES string of the molecule is CC(C)C(CNc1ncc([N+](=O)[O-])s1)N1CCN(C)CC1. The molecule has 0 spiro atoms. The van der Waals surface area contributed by atoms with Gasteiger partial charge in [-0.1, -0.05) is 13.8 Å². The lowest BCUT2D eigenvalue weighted by molar-refractivity contribution is -0.380. The Labute approximate surface area is 129 Å². The van der Waals surface area contributed by atoms with Crippen molar-refractivity contribution < 1.29 is 4.92 Å². The van der Waals surface area contributed by atoms with Crippen LogP contribution in [-0.2, 0) is 0 Å². The molecule has 1 aromatic heterocycles. The molecule has 0 aromatic carbocycles. The third kappa shape index (κ3) is 4.36. The van der Waals surface area contributed by atoms with E-state index in [1.807, 2.05) is 0 Å². The van der Waals surface area contributed by atoms with E-state index in [1.165, 1.54) is 6.20 Å². The van der Waals surface area contributed by atoms with Crippen molar-refractivity contribution in [3.05, 3.63) is 16.3 Å². The normalized spacial score (nSPS) is 18.9. The highest BCUT2D eigenvalue weighted by atomic mass is 32.1. The first kappa shape index (κ1) is 16.1. The van der Waals surface area contributed by atoms with E-state index in [1.54, 1.807) is 0 Å². The van der Waals surface area contributed by atoms with Gasteiger partial charge in [0.1, 0.15) is 6.20 Å². The van der Waals surface area contributed by atoms with Crippen LogP contribution in [0.5, 0.6) is 0 Å². The summed E-state index contributed by atoms with van der Waals surface area (Å²) in [7, 11) is 2.15. The standard InChI is InChI=1S/C13H23N5O2S/c1-10(2)11(17-6-4-16(3)5-7-17)8-14-13-15-9-12(21-13)18(19)20/h9-11H,4-8H2,1-3H3,(H,14,15). The van der Waals surface area contributed by atoms with Crippen molar-refractivity contribution in [2.45, 2.75) is 19.9 Å². The summed E-state index contributed by atoms with van der Waals surface area (Å²) in [5.41, 5.74) is 0. The highest BCUT2D eigenvalue weighted by molar-refractivity contribution is 7.18. The molecule has 1 atom stereocenters. The summed E-state index contributed by atoms with van der Waals surface area (Å²) in [5.74, 6) is 0.524. The van der Waals surface area contributed by atoms with Crippen LogP contribution in [0.2, 0.25) is 0 Å². The number of nitrogens with zero attached hydrogens (tertiary/aromatic N) is 4. The summed E-state index contributed by atoms with van der Waals surface area (Å²) in [6.45, 7) is 9.52. The zero-order valence-electron chi connectivity index (χ0n) is 12.8. The van der Waals surface area contributed by atoms with E-state index in [2.05, 4.69) is 41.0 Å². The largest absolute Gasteiger partial charge is 0.360 e. The third-order valence-corrected chi connectivity index (χ3v) is 4.82.